The van der Waals surface area contributed by atoms with E-state index >= 15 is 0 Å². The Bertz CT molecular complexity index is 1120. The summed E-state index contributed by atoms with van der Waals surface area (Å²) in [5.74, 6) is 1.44. The molecule has 1 aliphatic heterocycles. The molecule has 0 unspecified atom stereocenters. The standard InChI is InChI=1S/C19H21ClN4O3S2/c1-2-29(25,26)24-9-3-4-13(12-24)22-19-23-16-6-5-14(10-17(16)28-19)27-15-7-8-21-18(20)11-15/h5-8,10-11,13H,2-4,9,12H2,1H3,(H,22,23)/t13-/m0/s1. The van der Waals surface area contributed by atoms with E-state index in [9.17, 15) is 8.42 Å². The zero-order valence-corrected chi connectivity index (χ0v) is 18.2. The van der Waals surface area contributed by atoms with E-state index in [0.717, 1.165) is 28.2 Å². The number of benzene rings is 1. The van der Waals surface area contributed by atoms with Crippen LogP contribution in [0.4, 0.5) is 5.13 Å². The van der Waals surface area contributed by atoms with E-state index in [0.29, 0.717) is 29.7 Å². The maximum atomic E-state index is 12.2. The zero-order valence-electron chi connectivity index (χ0n) is 15.8. The van der Waals surface area contributed by atoms with Gasteiger partial charge in [0.25, 0.3) is 0 Å². The molecular formula is C19H21ClN4O3S2. The van der Waals surface area contributed by atoms with Gasteiger partial charge < -0.3 is 10.1 Å². The average molecular weight is 453 g/mol. The molecule has 1 atom stereocenters. The molecule has 2 aromatic heterocycles. The number of hydrogen-bond acceptors (Lipinski definition) is 7. The second-order valence-corrected chi connectivity index (χ2v) is 10.5. The Hall–Kier alpha value is -1.94. The maximum Gasteiger partial charge on any atom is 0.213 e. The average Bonchev–Trinajstić information content (AvgIpc) is 3.09. The number of rotatable bonds is 6. The molecule has 3 heterocycles. The molecule has 3 aromatic rings. The first-order valence-corrected chi connectivity index (χ1v) is 12.2. The number of nitrogens with one attached hydrogen (secondary N) is 1. The number of nitrogens with zero attached hydrogens (tertiary/aromatic N) is 3. The maximum absolute atomic E-state index is 12.2. The van der Waals surface area contributed by atoms with Crippen molar-refractivity contribution in [3.8, 4) is 11.5 Å². The molecule has 29 heavy (non-hydrogen) atoms. The summed E-state index contributed by atoms with van der Waals surface area (Å²) < 4.78 is 32.7. The monoisotopic (exact) mass is 452 g/mol. The van der Waals surface area contributed by atoms with Crippen molar-refractivity contribution in [2.75, 3.05) is 24.2 Å². The number of halogens is 1. The number of pyridine rings is 1. The lowest BCUT2D eigenvalue weighted by Gasteiger charge is -2.31. The highest BCUT2D eigenvalue weighted by molar-refractivity contribution is 7.89. The molecule has 1 fully saturated rings. The van der Waals surface area contributed by atoms with Crippen LogP contribution < -0.4 is 10.1 Å². The molecule has 0 bridgehead atoms. The van der Waals surface area contributed by atoms with Crippen LogP contribution in [0.15, 0.2) is 36.5 Å². The van der Waals surface area contributed by atoms with E-state index in [1.807, 2.05) is 18.2 Å². The molecule has 0 saturated carbocycles. The van der Waals surface area contributed by atoms with Gasteiger partial charge in [-0.25, -0.2) is 18.4 Å². The van der Waals surface area contributed by atoms with Crippen LogP contribution in [0.3, 0.4) is 0 Å². The number of ether oxygens (including phenoxy) is 1. The minimum Gasteiger partial charge on any atom is -0.457 e. The Morgan fingerprint density at radius 2 is 2.14 bits per heavy atom. The van der Waals surface area contributed by atoms with Crippen molar-refractivity contribution in [3.63, 3.8) is 0 Å². The normalized spacial score (nSPS) is 18.1. The van der Waals surface area contributed by atoms with Gasteiger partial charge in [-0.1, -0.05) is 22.9 Å². The van der Waals surface area contributed by atoms with Crippen LogP contribution >= 0.6 is 22.9 Å². The number of sulfonamides is 1. The largest absolute Gasteiger partial charge is 0.457 e. The highest BCUT2D eigenvalue weighted by Gasteiger charge is 2.28. The summed E-state index contributed by atoms with van der Waals surface area (Å²) in [6.07, 6.45) is 3.36. The number of hydrogen-bond donors (Lipinski definition) is 1. The highest BCUT2D eigenvalue weighted by Crippen LogP contribution is 2.32. The molecule has 7 nitrogen and oxygen atoms in total. The molecule has 4 rings (SSSR count). The Morgan fingerprint density at radius 1 is 1.31 bits per heavy atom. The predicted molar refractivity (Wildman–Crippen MR) is 117 cm³/mol. The fourth-order valence-electron chi connectivity index (χ4n) is 3.28. The fraction of sp³-hybridized carbons (Fsp3) is 0.368. The van der Waals surface area contributed by atoms with Gasteiger partial charge in [-0.3, -0.25) is 0 Å². The Balaban J connectivity index is 1.47. The van der Waals surface area contributed by atoms with Crippen LogP contribution in [0, 0.1) is 0 Å². The van der Waals surface area contributed by atoms with Gasteiger partial charge in [0.1, 0.15) is 16.7 Å². The topological polar surface area (TPSA) is 84.4 Å². The van der Waals surface area contributed by atoms with E-state index in [2.05, 4.69) is 15.3 Å². The Morgan fingerprint density at radius 3 is 2.93 bits per heavy atom. The molecule has 0 spiro atoms. The minimum atomic E-state index is -3.16. The lowest BCUT2D eigenvalue weighted by atomic mass is 10.1. The summed E-state index contributed by atoms with van der Waals surface area (Å²) in [6.45, 7) is 2.75. The Kier molecular flexibility index (Phi) is 5.91. The van der Waals surface area contributed by atoms with Gasteiger partial charge in [-0.05, 0) is 38.0 Å². The van der Waals surface area contributed by atoms with Gasteiger partial charge in [0, 0.05) is 37.5 Å². The molecule has 1 aliphatic rings. The lowest BCUT2D eigenvalue weighted by molar-refractivity contribution is 0.327. The minimum absolute atomic E-state index is 0.0559. The molecule has 1 aromatic carbocycles. The number of thiazole rings is 1. The van der Waals surface area contributed by atoms with Gasteiger partial charge >= 0.3 is 0 Å². The summed E-state index contributed by atoms with van der Waals surface area (Å²) in [6, 6.07) is 9.15. The first-order valence-electron chi connectivity index (χ1n) is 9.37. The summed E-state index contributed by atoms with van der Waals surface area (Å²) in [4.78, 5) is 8.57. The molecule has 154 valence electrons. The Labute approximate surface area is 178 Å². The van der Waals surface area contributed by atoms with E-state index in [1.54, 1.807) is 29.6 Å². The molecule has 0 amide bonds. The van der Waals surface area contributed by atoms with Gasteiger partial charge in [-0.2, -0.15) is 4.31 Å². The third kappa shape index (κ3) is 4.80. The lowest BCUT2D eigenvalue weighted by Crippen LogP contribution is -2.45. The molecule has 1 saturated heterocycles. The summed E-state index contributed by atoms with van der Waals surface area (Å²) >= 11 is 7.43. The van der Waals surface area contributed by atoms with Crippen LogP contribution in [-0.2, 0) is 10.0 Å². The van der Waals surface area contributed by atoms with Crippen molar-refractivity contribution in [3.05, 3.63) is 41.7 Å². The van der Waals surface area contributed by atoms with E-state index < -0.39 is 10.0 Å². The van der Waals surface area contributed by atoms with Crippen LogP contribution in [-0.4, -0.2) is 47.6 Å². The smallest absolute Gasteiger partial charge is 0.213 e. The quantitative estimate of drug-likeness (QED) is 0.559. The molecule has 0 aliphatic carbocycles. The number of aromatic nitrogens is 2. The summed E-state index contributed by atoms with van der Waals surface area (Å²) in [5.41, 5.74) is 0.867. The van der Waals surface area contributed by atoms with Crippen LogP contribution in [0.25, 0.3) is 10.2 Å². The first-order chi connectivity index (χ1) is 13.9. The summed E-state index contributed by atoms with van der Waals surface area (Å²) in [5, 5.41) is 4.56. The fourth-order valence-corrected chi connectivity index (χ4v) is 5.60. The van der Waals surface area contributed by atoms with Crippen LogP contribution in [0.1, 0.15) is 19.8 Å². The van der Waals surface area contributed by atoms with E-state index in [-0.39, 0.29) is 11.8 Å². The predicted octanol–water partition coefficient (Wildman–Crippen LogP) is 4.36. The van der Waals surface area contributed by atoms with Gasteiger partial charge in [-0.15, -0.1) is 0 Å². The molecule has 1 N–H and O–H groups in total. The zero-order chi connectivity index (χ0) is 20.4. The SMILES string of the molecule is CCS(=O)(=O)N1CCC[C@H](Nc2nc3ccc(Oc4ccnc(Cl)c4)cc3s2)C1. The van der Waals surface area contributed by atoms with E-state index in [1.165, 1.54) is 11.3 Å². The van der Waals surface area contributed by atoms with Crippen molar-refractivity contribution >= 4 is 48.3 Å². The summed E-state index contributed by atoms with van der Waals surface area (Å²) in [7, 11) is -3.16. The van der Waals surface area contributed by atoms with Gasteiger partial charge in [0.15, 0.2) is 5.13 Å². The van der Waals surface area contributed by atoms with Crippen molar-refractivity contribution in [1.29, 1.82) is 0 Å². The third-order valence-corrected chi connectivity index (χ3v) is 7.77. The van der Waals surface area contributed by atoms with Crippen molar-refractivity contribution < 1.29 is 13.2 Å². The number of piperidine rings is 1. The first kappa shape index (κ1) is 20.3. The number of fused-ring (bicyclic) bond motifs is 1. The van der Waals surface area contributed by atoms with E-state index in [4.69, 9.17) is 16.3 Å². The van der Waals surface area contributed by atoms with Crippen molar-refractivity contribution in [1.82, 2.24) is 14.3 Å². The highest BCUT2D eigenvalue weighted by atomic mass is 35.5. The number of anilines is 1. The second kappa shape index (κ2) is 8.43. The molecule has 0 radical (unpaired) electrons. The van der Waals surface area contributed by atoms with Crippen LogP contribution in [0.2, 0.25) is 5.15 Å². The van der Waals surface area contributed by atoms with Gasteiger partial charge in [0.2, 0.25) is 10.0 Å². The second-order valence-electron chi connectivity index (χ2n) is 6.81. The third-order valence-electron chi connectivity index (χ3n) is 4.76. The van der Waals surface area contributed by atoms with Crippen molar-refractivity contribution in [2.45, 2.75) is 25.8 Å². The van der Waals surface area contributed by atoms with Gasteiger partial charge in [0.05, 0.1) is 16.0 Å². The van der Waals surface area contributed by atoms with Crippen molar-refractivity contribution in [2.24, 2.45) is 0 Å². The molecule has 10 heteroatoms. The van der Waals surface area contributed by atoms with Crippen LogP contribution in [0.5, 0.6) is 11.5 Å². The molecular weight excluding hydrogens is 432 g/mol.